The van der Waals surface area contributed by atoms with Crippen molar-refractivity contribution in [3.8, 4) is 22.1 Å². The number of anilines is 2. The van der Waals surface area contributed by atoms with E-state index in [9.17, 15) is 4.79 Å². The molecule has 11 heteroatoms. The summed E-state index contributed by atoms with van der Waals surface area (Å²) >= 11 is 7.19. The lowest BCUT2D eigenvalue weighted by Gasteiger charge is -2.33. The average Bonchev–Trinajstić information content (AvgIpc) is 3.13. The van der Waals surface area contributed by atoms with Gasteiger partial charge in [-0.1, -0.05) is 16.7 Å². The van der Waals surface area contributed by atoms with Crippen LogP contribution in [0.2, 0.25) is 5.15 Å². The summed E-state index contributed by atoms with van der Waals surface area (Å²) in [4.78, 5) is 23.9. The van der Waals surface area contributed by atoms with E-state index in [1.165, 1.54) is 14.2 Å². The molecule has 3 aromatic rings. The maximum atomic E-state index is 13.3. The minimum Gasteiger partial charge on any atom is -0.492 e. The highest BCUT2D eigenvalue weighted by atomic mass is 35.5. The minimum absolute atomic E-state index is 0.313. The number of amides is 1. The Balaban J connectivity index is 1.81. The third-order valence-corrected chi connectivity index (χ3v) is 5.45. The predicted octanol–water partition coefficient (Wildman–Crippen LogP) is 3.13. The van der Waals surface area contributed by atoms with Crippen LogP contribution in [0.1, 0.15) is 16.8 Å². The summed E-state index contributed by atoms with van der Waals surface area (Å²) in [5.74, 6) is 0.625. The van der Waals surface area contributed by atoms with Crippen LogP contribution in [0.4, 0.5) is 10.9 Å². The molecule has 1 amide bonds. The second-order valence-electron chi connectivity index (χ2n) is 6.14. The number of carbonyl (C=O) groups excluding carboxylic acids is 1. The van der Waals surface area contributed by atoms with Gasteiger partial charge in [0.1, 0.15) is 5.15 Å². The van der Waals surface area contributed by atoms with Crippen molar-refractivity contribution in [3.63, 3.8) is 0 Å². The number of hydrogen-bond donors (Lipinski definition) is 1. The van der Waals surface area contributed by atoms with Crippen LogP contribution in [0, 0.1) is 0 Å². The smallest absolute Gasteiger partial charge is 0.295 e. The van der Waals surface area contributed by atoms with Gasteiger partial charge in [-0.3, -0.25) is 10.1 Å². The Morgan fingerprint density at radius 1 is 1.24 bits per heavy atom. The van der Waals surface area contributed by atoms with Crippen molar-refractivity contribution in [2.75, 3.05) is 37.5 Å². The Hall–Kier alpha value is -2.98. The fraction of sp³-hybridized carbons (Fsp3) is 0.278. The SMILES string of the molecule is COc1nnc(NC(=O)c2c(-c3ccnc(Cl)c3)cnc(N3CCC3)c2OC)s1. The zero-order valence-corrected chi connectivity index (χ0v) is 17.3. The van der Waals surface area contributed by atoms with E-state index in [0.717, 1.165) is 30.8 Å². The number of pyridine rings is 2. The molecule has 29 heavy (non-hydrogen) atoms. The van der Waals surface area contributed by atoms with Gasteiger partial charge in [0.2, 0.25) is 5.13 Å². The third kappa shape index (κ3) is 3.81. The first-order chi connectivity index (χ1) is 14.1. The molecule has 1 N–H and O–H groups in total. The number of aromatic nitrogens is 4. The van der Waals surface area contributed by atoms with Crippen LogP contribution >= 0.6 is 22.9 Å². The highest BCUT2D eigenvalue weighted by Crippen LogP contribution is 2.39. The summed E-state index contributed by atoms with van der Waals surface area (Å²) in [6.07, 6.45) is 4.29. The topological polar surface area (TPSA) is 102 Å². The Kier molecular flexibility index (Phi) is 5.45. The maximum Gasteiger partial charge on any atom is 0.295 e. The molecule has 0 saturated carbocycles. The Morgan fingerprint density at radius 2 is 2.07 bits per heavy atom. The molecule has 4 heterocycles. The Morgan fingerprint density at radius 3 is 2.69 bits per heavy atom. The van der Waals surface area contributed by atoms with Crippen LogP contribution in [0.5, 0.6) is 10.9 Å². The summed E-state index contributed by atoms with van der Waals surface area (Å²) in [6.45, 7) is 1.72. The van der Waals surface area contributed by atoms with Crippen LogP contribution in [0.15, 0.2) is 24.5 Å². The Labute approximate surface area is 175 Å². The first kappa shape index (κ1) is 19.3. The number of rotatable bonds is 6. The van der Waals surface area contributed by atoms with Crippen molar-refractivity contribution in [2.45, 2.75) is 6.42 Å². The van der Waals surface area contributed by atoms with E-state index in [-0.39, 0.29) is 0 Å². The van der Waals surface area contributed by atoms with Gasteiger partial charge in [-0.15, -0.1) is 5.10 Å². The fourth-order valence-corrected chi connectivity index (χ4v) is 3.68. The highest BCUT2D eigenvalue weighted by Gasteiger charge is 2.28. The van der Waals surface area contributed by atoms with Crippen molar-refractivity contribution in [2.24, 2.45) is 0 Å². The van der Waals surface area contributed by atoms with Crippen molar-refractivity contribution in [1.29, 1.82) is 0 Å². The van der Waals surface area contributed by atoms with Gasteiger partial charge in [-0.05, 0) is 35.5 Å². The Bertz CT molecular complexity index is 1060. The van der Waals surface area contributed by atoms with E-state index in [2.05, 4.69) is 30.4 Å². The van der Waals surface area contributed by atoms with Gasteiger partial charge in [-0.25, -0.2) is 9.97 Å². The summed E-state index contributed by atoms with van der Waals surface area (Å²) in [6, 6.07) is 3.43. The summed E-state index contributed by atoms with van der Waals surface area (Å²) in [5.41, 5.74) is 1.61. The van der Waals surface area contributed by atoms with Gasteiger partial charge in [0.15, 0.2) is 11.6 Å². The van der Waals surface area contributed by atoms with Gasteiger partial charge in [0, 0.05) is 31.0 Å². The van der Waals surface area contributed by atoms with Crippen LogP contribution in [0.25, 0.3) is 11.1 Å². The first-order valence-electron chi connectivity index (χ1n) is 8.73. The molecule has 0 bridgehead atoms. The van der Waals surface area contributed by atoms with Gasteiger partial charge in [0.25, 0.3) is 11.1 Å². The van der Waals surface area contributed by atoms with E-state index in [4.69, 9.17) is 21.1 Å². The van der Waals surface area contributed by atoms with Crippen LogP contribution in [-0.2, 0) is 0 Å². The molecule has 1 fully saturated rings. The standard InChI is InChI=1S/C18H17ClN6O3S/c1-27-14-13(16(26)22-17-23-24-18(28-2)29-17)11(10-4-5-20-12(19)8-10)9-21-15(14)25-6-3-7-25/h4-5,8-9H,3,6-7H2,1-2H3,(H,22,23,26). The monoisotopic (exact) mass is 432 g/mol. The zero-order chi connectivity index (χ0) is 20.4. The molecule has 0 aromatic carbocycles. The van der Waals surface area contributed by atoms with Gasteiger partial charge >= 0.3 is 0 Å². The molecule has 1 saturated heterocycles. The van der Waals surface area contributed by atoms with Crippen molar-refractivity contribution in [1.82, 2.24) is 20.2 Å². The van der Waals surface area contributed by atoms with Crippen molar-refractivity contribution in [3.05, 3.63) is 35.2 Å². The van der Waals surface area contributed by atoms with E-state index < -0.39 is 5.91 Å². The summed E-state index contributed by atoms with van der Waals surface area (Å²) in [5, 5.41) is 11.5. The van der Waals surface area contributed by atoms with Gasteiger partial charge in [-0.2, -0.15) is 0 Å². The second-order valence-corrected chi connectivity index (χ2v) is 7.47. The largest absolute Gasteiger partial charge is 0.492 e. The molecule has 0 aliphatic carbocycles. The molecular formula is C18H17ClN6O3S. The van der Waals surface area contributed by atoms with Gasteiger partial charge in [0.05, 0.1) is 19.8 Å². The average molecular weight is 433 g/mol. The second kappa shape index (κ2) is 8.18. The molecule has 150 valence electrons. The molecule has 0 atom stereocenters. The zero-order valence-electron chi connectivity index (χ0n) is 15.7. The molecule has 1 aliphatic heterocycles. The van der Waals surface area contributed by atoms with Crippen LogP contribution in [-0.4, -0.2) is 53.4 Å². The molecule has 1 aliphatic rings. The number of methoxy groups -OCH3 is 2. The quantitative estimate of drug-likeness (QED) is 0.592. The number of ether oxygens (including phenoxy) is 2. The van der Waals surface area contributed by atoms with Crippen molar-refractivity contribution >= 4 is 39.8 Å². The number of nitrogens with one attached hydrogen (secondary N) is 1. The van der Waals surface area contributed by atoms with E-state index in [1.54, 1.807) is 24.5 Å². The predicted molar refractivity (Wildman–Crippen MR) is 110 cm³/mol. The lowest BCUT2D eigenvalue weighted by molar-refractivity contribution is 0.102. The molecular weight excluding hydrogens is 416 g/mol. The number of hydrogen-bond acceptors (Lipinski definition) is 9. The van der Waals surface area contributed by atoms with E-state index in [1.807, 2.05) is 0 Å². The molecule has 3 aromatic heterocycles. The van der Waals surface area contributed by atoms with E-state index in [0.29, 0.717) is 43.7 Å². The fourth-order valence-electron chi connectivity index (χ4n) is 2.95. The summed E-state index contributed by atoms with van der Waals surface area (Å²) < 4.78 is 10.7. The molecule has 0 spiro atoms. The van der Waals surface area contributed by atoms with Crippen molar-refractivity contribution < 1.29 is 14.3 Å². The number of halogens is 1. The maximum absolute atomic E-state index is 13.3. The highest BCUT2D eigenvalue weighted by molar-refractivity contribution is 7.17. The molecule has 4 rings (SSSR count). The van der Waals surface area contributed by atoms with Crippen LogP contribution in [0.3, 0.4) is 0 Å². The number of nitrogens with zero attached hydrogens (tertiary/aromatic N) is 5. The molecule has 0 unspecified atom stereocenters. The summed E-state index contributed by atoms with van der Waals surface area (Å²) in [7, 11) is 3.01. The van der Waals surface area contributed by atoms with Gasteiger partial charge < -0.3 is 14.4 Å². The minimum atomic E-state index is -0.396. The lowest BCUT2D eigenvalue weighted by atomic mass is 10.0. The van der Waals surface area contributed by atoms with Crippen LogP contribution < -0.4 is 19.7 Å². The normalized spacial score (nSPS) is 13.0. The third-order valence-electron chi connectivity index (χ3n) is 4.44. The molecule has 9 nitrogen and oxygen atoms in total. The van der Waals surface area contributed by atoms with E-state index >= 15 is 0 Å². The first-order valence-corrected chi connectivity index (χ1v) is 9.93. The molecule has 0 radical (unpaired) electrons. The lowest BCUT2D eigenvalue weighted by Crippen LogP contribution is -2.38. The number of carbonyl (C=O) groups is 1.